The number of hydrogen-bond acceptors (Lipinski definition) is 6. The predicted molar refractivity (Wildman–Crippen MR) is 78.0 cm³/mol. The van der Waals surface area contributed by atoms with Gasteiger partial charge in [-0.3, -0.25) is 5.10 Å². The molecule has 0 spiro atoms. The van der Waals surface area contributed by atoms with Gasteiger partial charge in [0.1, 0.15) is 10.8 Å². The van der Waals surface area contributed by atoms with Gasteiger partial charge in [-0.2, -0.15) is 10.1 Å². The maximum Gasteiger partial charge on any atom is 0.225 e. The molecule has 0 aromatic carbocycles. The van der Waals surface area contributed by atoms with Crippen LogP contribution in [-0.4, -0.2) is 26.7 Å². The van der Waals surface area contributed by atoms with Crippen molar-refractivity contribution < 1.29 is 4.42 Å². The maximum absolute atomic E-state index is 5.32. The molecule has 20 heavy (non-hydrogen) atoms. The lowest BCUT2D eigenvalue weighted by Gasteiger charge is -2.06. The molecule has 0 unspecified atom stereocenters. The minimum absolute atomic E-state index is 0.618. The van der Waals surface area contributed by atoms with Crippen molar-refractivity contribution in [2.45, 2.75) is 30.2 Å². The molecule has 0 radical (unpaired) electrons. The Labute approximate surface area is 120 Å². The van der Waals surface area contributed by atoms with E-state index in [1.165, 1.54) is 0 Å². The summed E-state index contributed by atoms with van der Waals surface area (Å²) in [6.45, 7) is 4.88. The predicted octanol–water partition coefficient (Wildman–Crippen LogP) is 3.23. The number of aryl methyl sites for hydroxylation is 1. The highest BCUT2D eigenvalue weighted by atomic mass is 32.2. The highest BCUT2D eigenvalue weighted by Crippen LogP contribution is 2.33. The summed E-state index contributed by atoms with van der Waals surface area (Å²) in [5.41, 5.74) is 0.738. The first-order valence-corrected chi connectivity index (χ1v) is 7.26. The van der Waals surface area contributed by atoms with Gasteiger partial charge in [-0.1, -0.05) is 18.7 Å². The monoisotopic (exact) mass is 289 g/mol. The van der Waals surface area contributed by atoms with Crippen molar-refractivity contribution in [3.05, 3.63) is 24.3 Å². The van der Waals surface area contributed by atoms with Gasteiger partial charge in [0, 0.05) is 6.54 Å². The summed E-state index contributed by atoms with van der Waals surface area (Å²) < 4.78 is 5.32. The number of furan rings is 1. The van der Waals surface area contributed by atoms with Gasteiger partial charge in [-0.25, -0.2) is 4.98 Å². The van der Waals surface area contributed by atoms with Crippen LogP contribution in [0, 0.1) is 6.92 Å². The molecule has 0 saturated heterocycles. The normalized spacial score (nSPS) is 11.1. The molecule has 6 nitrogen and oxygen atoms in total. The van der Waals surface area contributed by atoms with Crippen LogP contribution in [0.25, 0.3) is 11.0 Å². The molecule has 2 N–H and O–H groups in total. The lowest BCUT2D eigenvalue weighted by atomic mass is 10.4. The molecular formula is C13H15N5OS. The van der Waals surface area contributed by atoms with Crippen LogP contribution in [-0.2, 0) is 0 Å². The number of nitrogens with zero attached hydrogens (tertiary/aromatic N) is 3. The third kappa shape index (κ3) is 2.49. The smallest absolute Gasteiger partial charge is 0.225 e. The fraction of sp³-hybridized carbons (Fsp3) is 0.308. The number of rotatable bonds is 5. The molecule has 0 aliphatic carbocycles. The fourth-order valence-corrected chi connectivity index (χ4v) is 2.70. The average molecular weight is 289 g/mol. The Morgan fingerprint density at radius 2 is 2.30 bits per heavy atom. The van der Waals surface area contributed by atoms with Crippen molar-refractivity contribution in [2.75, 3.05) is 11.9 Å². The van der Waals surface area contributed by atoms with Crippen molar-refractivity contribution in [1.82, 2.24) is 20.2 Å². The van der Waals surface area contributed by atoms with Gasteiger partial charge in [0.05, 0.1) is 22.7 Å². The summed E-state index contributed by atoms with van der Waals surface area (Å²) in [4.78, 5) is 10.0. The van der Waals surface area contributed by atoms with Crippen LogP contribution in [0.3, 0.4) is 0 Å². The number of aromatic nitrogens is 4. The van der Waals surface area contributed by atoms with E-state index in [2.05, 4.69) is 32.4 Å². The third-order valence-corrected chi connectivity index (χ3v) is 3.97. The summed E-state index contributed by atoms with van der Waals surface area (Å²) >= 11 is 1.56. The van der Waals surface area contributed by atoms with Crippen molar-refractivity contribution in [3.8, 4) is 0 Å². The highest BCUT2D eigenvalue weighted by molar-refractivity contribution is 7.99. The minimum Gasteiger partial charge on any atom is -0.468 e. The number of nitrogens with one attached hydrogen (secondary N) is 2. The molecule has 104 valence electrons. The molecule has 3 aromatic heterocycles. The van der Waals surface area contributed by atoms with Crippen molar-refractivity contribution in [2.24, 2.45) is 0 Å². The molecule has 7 heteroatoms. The number of anilines is 1. The van der Waals surface area contributed by atoms with Crippen LogP contribution in [0.4, 0.5) is 5.95 Å². The Morgan fingerprint density at radius 1 is 1.40 bits per heavy atom. The van der Waals surface area contributed by atoms with E-state index >= 15 is 0 Å². The van der Waals surface area contributed by atoms with Crippen LogP contribution < -0.4 is 5.32 Å². The van der Waals surface area contributed by atoms with E-state index in [0.717, 1.165) is 39.7 Å². The number of hydrogen-bond donors (Lipinski definition) is 2. The second-order valence-electron chi connectivity index (χ2n) is 4.35. The molecule has 3 aromatic rings. The maximum atomic E-state index is 5.32. The zero-order chi connectivity index (χ0) is 13.9. The zero-order valence-corrected chi connectivity index (χ0v) is 12.1. The summed E-state index contributed by atoms with van der Waals surface area (Å²) in [5.74, 6) is 1.50. The van der Waals surface area contributed by atoms with Gasteiger partial charge in [0.2, 0.25) is 5.95 Å². The molecule has 0 bridgehead atoms. The van der Waals surface area contributed by atoms with E-state index < -0.39 is 0 Å². The zero-order valence-electron chi connectivity index (χ0n) is 11.3. The Hall–Kier alpha value is -2.02. The summed E-state index contributed by atoms with van der Waals surface area (Å²) in [6.07, 6.45) is 4.45. The highest BCUT2D eigenvalue weighted by Gasteiger charge is 2.12. The van der Waals surface area contributed by atoms with Gasteiger partial charge in [0.15, 0.2) is 5.65 Å². The Balaban J connectivity index is 1.99. The quantitative estimate of drug-likeness (QED) is 0.702. The van der Waals surface area contributed by atoms with Crippen LogP contribution in [0.1, 0.15) is 19.1 Å². The van der Waals surface area contributed by atoms with E-state index in [4.69, 9.17) is 4.42 Å². The molecule has 0 atom stereocenters. The molecule has 0 aliphatic rings. The lowest BCUT2D eigenvalue weighted by molar-refractivity contribution is 0.527. The number of fused-ring (bicyclic) bond motifs is 1. The number of H-pyrrole nitrogens is 1. The van der Waals surface area contributed by atoms with Gasteiger partial charge < -0.3 is 9.73 Å². The van der Waals surface area contributed by atoms with Gasteiger partial charge >= 0.3 is 0 Å². The molecule has 3 rings (SSSR count). The average Bonchev–Trinajstić information content (AvgIpc) is 3.06. The second-order valence-corrected chi connectivity index (χ2v) is 5.39. The summed E-state index contributed by atoms with van der Waals surface area (Å²) in [5, 5.41) is 11.9. The Bertz CT molecular complexity index is 720. The Morgan fingerprint density at radius 3 is 3.05 bits per heavy atom. The first-order chi connectivity index (χ1) is 9.78. The second kappa shape index (κ2) is 5.54. The lowest BCUT2D eigenvalue weighted by Crippen LogP contribution is -2.05. The van der Waals surface area contributed by atoms with E-state index in [1.54, 1.807) is 24.2 Å². The van der Waals surface area contributed by atoms with Gasteiger partial charge in [0.25, 0.3) is 0 Å². The third-order valence-electron chi connectivity index (χ3n) is 2.83. The fourth-order valence-electron chi connectivity index (χ4n) is 1.79. The van der Waals surface area contributed by atoms with Crippen LogP contribution >= 0.6 is 11.8 Å². The van der Waals surface area contributed by atoms with Crippen molar-refractivity contribution >= 4 is 28.7 Å². The first kappa shape index (κ1) is 13.0. The van der Waals surface area contributed by atoms with Crippen molar-refractivity contribution in [3.63, 3.8) is 0 Å². The van der Waals surface area contributed by atoms with E-state index in [1.807, 2.05) is 13.0 Å². The minimum atomic E-state index is 0.618. The van der Waals surface area contributed by atoms with Crippen LogP contribution in [0.5, 0.6) is 0 Å². The summed E-state index contributed by atoms with van der Waals surface area (Å²) in [7, 11) is 0. The standard InChI is InChI=1S/C13H15N5OS/c1-3-5-14-13-16-11-9(7-15-18-11)12(17-13)20-10-4-6-19-8(10)2/h4,6-7H,3,5H2,1-2H3,(H2,14,15,16,17,18). The SMILES string of the molecule is CCCNc1nc(Sc2ccoc2C)c2cn[nH]c2n1. The topological polar surface area (TPSA) is 79.6 Å². The van der Waals surface area contributed by atoms with Crippen LogP contribution in [0.2, 0.25) is 0 Å². The van der Waals surface area contributed by atoms with Crippen LogP contribution in [0.15, 0.2) is 32.9 Å². The van der Waals surface area contributed by atoms with E-state index in [9.17, 15) is 0 Å². The molecule has 0 aliphatic heterocycles. The van der Waals surface area contributed by atoms with E-state index in [0.29, 0.717) is 5.95 Å². The van der Waals surface area contributed by atoms with Gasteiger partial charge in [-0.15, -0.1) is 0 Å². The van der Waals surface area contributed by atoms with Gasteiger partial charge in [-0.05, 0) is 19.4 Å². The largest absolute Gasteiger partial charge is 0.468 e. The number of aromatic amines is 1. The molecule has 0 fully saturated rings. The molecule has 0 saturated carbocycles. The summed E-state index contributed by atoms with van der Waals surface area (Å²) in [6, 6.07) is 1.94. The first-order valence-electron chi connectivity index (χ1n) is 6.45. The molecule has 3 heterocycles. The van der Waals surface area contributed by atoms with Crippen molar-refractivity contribution in [1.29, 1.82) is 0 Å². The van der Waals surface area contributed by atoms with E-state index in [-0.39, 0.29) is 0 Å². The Kier molecular flexibility index (Phi) is 3.60. The molecular weight excluding hydrogens is 274 g/mol. The molecule has 0 amide bonds.